The molecule has 9 heteroatoms. The summed E-state index contributed by atoms with van der Waals surface area (Å²) in [5.41, 5.74) is -0.547. The standard InChI is InChI=1S/C14H18N2O7/c1-7(2)11(14(18)19)15-13(17)8-5-9(16(20)21)12(23-4)10(6-8)22-3/h5-7,11H,1-4H3,(H,15,17)(H,18,19)/t11-/m0/s1. The van der Waals surface area contributed by atoms with Gasteiger partial charge in [0.2, 0.25) is 5.75 Å². The second-order valence-corrected chi connectivity index (χ2v) is 5.02. The van der Waals surface area contributed by atoms with Gasteiger partial charge in [-0.15, -0.1) is 0 Å². The quantitative estimate of drug-likeness (QED) is 0.573. The van der Waals surface area contributed by atoms with Crippen molar-refractivity contribution in [3.63, 3.8) is 0 Å². The number of carboxylic acids is 1. The maximum Gasteiger partial charge on any atom is 0.326 e. The van der Waals surface area contributed by atoms with Crippen molar-refractivity contribution in [2.75, 3.05) is 14.2 Å². The zero-order valence-electron chi connectivity index (χ0n) is 13.2. The van der Waals surface area contributed by atoms with E-state index in [9.17, 15) is 19.7 Å². The molecule has 0 saturated carbocycles. The molecule has 0 bridgehead atoms. The smallest absolute Gasteiger partial charge is 0.326 e. The molecular weight excluding hydrogens is 308 g/mol. The van der Waals surface area contributed by atoms with Gasteiger partial charge in [-0.3, -0.25) is 14.9 Å². The number of hydrogen-bond donors (Lipinski definition) is 2. The Bertz CT molecular complexity index is 628. The largest absolute Gasteiger partial charge is 0.493 e. The van der Waals surface area contributed by atoms with Crippen LogP contribution >= 0.6 is 0 Å². The van der Waals surface area contributed by atoms with Gasteiger partial charge in [-0.1, -0.05) is 13.8 Å². The first-order chi connectivity index (χ1) is 10.7. The number of amides is 1. The molecular formula is C14H18N2O7. The summed E-state index contributed by atoms with van der Waals surface area (Å²) in [6.07, 6.45) is 0. The Morgan fingerprint density at radius 2 is 1.87 bits per heavy atom. The lowest BCUT2D eigenvalue weighted by molar-refractivity contribution is -0.385. The molecule has 23 heavy (non-hydrogen) atoms. The number of nitrogens with one attached hydrogen (secondary N) is 1. The lowest BCUT2D eigenvalue weighted by atomic mass is 10.0. The number of rotatable bonds is 7. The highest BCUT2D eigenvalue weighted by atomic mass is 16.6. The van der Waals surface area contributed by atoms with Gasteiger partial charge >= 0.3 is 11.7 Å². The van der Waals surface area contributed by atoms with Crippen LogP contribution in [0.3, 0.4) is 0 Å². The fourth-order valence-corrected chi connectivity index (χ4v) is 1.95. The van der Waals surface area contributed by atoms with Gasteiger partial charge in [0.25, 0.3) is 5.91 Å². The van der Waals surface area contributed by atoms with E-state index >= 15 is 0 Å². The summed E-state index contributed by atoms with van der Waals surface area (Å²) >= 11 is 0. The Kier molecular flexibility index (Phi) is 5.88. The number of carbonyl (C=O) groups is 2. The molecule has 0 spiro atoms. The highest BCUT2D eigenvalue weighted by molar-refractivity contribution is 5.98. The van der Waals surface area contributed by atoms with Crippen molar-refractivity contribution in [2.24, 2.45) is 5.92 Å². The Balaban J connectivity index is 3.27. The van der Waals surface area contributed by atoms with Crippen molar-refractivity contribution >= 4 is 17.6 Å². The van der Waals surface area contributed by atoms with Gasteiger partial charge in [0.1, 0.15) is 6.04 Å². The summed E-state index contributed by atoms with van der Waals surface area (Å²) in [6, 6.07) is 1.14. The molecule has 0 saturated heterocycles. The van der Waals surface area contributed by atoms with Crippen LogP contribution in [0.4, 0.5) is 5.69 Å². The van der Waals surface area contributed by atoms with Crippen LogP contribution in [0.15, 0.2) is 12.1 Å². The Labute approximate surface area is 132 Å². The van der Waals surface area contributed by atoms with E-state index in [1.165, 1.54) is 20.3 Å². The number of ether oxygens (including phenoxy) is 2. The molecule has 0 aromatic heterocycles. The zero-order valence-corrected chi connectivity index (χ0v) is 13.2. The Morgan fingerprint density at radius 1 is 1.26 bits per heavy atom. The van der Waals surface area contributed by atoms with Crippen molar-refractivity contribution < 1.29 is 29.1 Å². The summed E-state index contributed by atoms with van der Waals surface area (Å²) < 4.78 is 9.92. The summed E-state index contributed by atoms with van der Waals surface area (Å²) in [6.45, 7) is 3.27. The molecule has 1 atom stereocenters. The minimum absolute atomic E-state index is 0.00303. The molecule has 9 nitrogen and oxygen atoms in total. The minimum Gasteiger partial charge on any atom is -0.493 e. The van der Waals surface area contributed by atoms with Gasteiger partial charge in [0.15, 0.2) is 5.75 Å². The van der Waals surface area contributed by atoms with Crippen LogP contribution in [0.2, 0.25) is 0 Å². The van der Waals surface area contributed by atoms with Crippen molar-refractivity contribution in [1.29, 1.82) is 0 Å². The van der Waals surface area contributed by atoms with Crippen LogP contribution in [0.1, 0.15) is 24.2 Å². The number of nitro benzene ring substituents is 1. The maximum atomic E-state index is 12.2. The fourth-order valence-electron chi connectivity index (χ4n) is 1.95. The number of aliphatic carboxylic acids is 1. The number of nitrogens with zero attached hydrogens (tertiary/aromatic N) is 1. The molecule has 1 aromatic rings. The highest BCUT2D eigenvalue weighted by Gasteiger charge is 2.27. The van der Waals surface area contributed by atoms with Crippen molar-refractivity contribution in [1.82, 2.24) is 5.32 Å². The predicted octanol–water partition coefficient (Wildman–Crippen LogP) is 1.45. The average Bonchev–Trinajstić information content (AvgIpc) is 2.49. The molecule has 2 N–H and O–H groups in total. The van der Waals surface area contributed by atoms with E-state index in [4.69, 9.17) is 14.6 Å². The van der Waals surface area contributed by atoms with E-state index in [0.717, 1.165) is 6.07 Å². The minimum atomic E-state index is -1.19. The van der Waals surface area contributed by atoms with Crippen molar-refractivity contribution in [3.05, 3.63) is 27.8 Å². The first kappa shape index (κ1) is 18.2. The summed E-state index contributed by atoms with van der Waals surface area (Å²) in [5.74, 6) is -2.42. The molecule has 0 heterocycles. The van der Waals surface area contributed by atoms with Crippen LogP contribution in [0, 0.1) is 16.0 Å². The molecule has 0 unspecified atom stereocenters. The van der Waals surface area contributed by atoms with Crippen LogP contribution in [0.5, 0.6) is 11.5 Å². The lowest BCUT2D eigenvalue weighted by Crippen LogP contribution is -2.44. The van der Waals surface area contributed by atoms with Crippen molar-refractivity contribution in [3.8, 4) is 11.5 Å². The van der Waals surface area contributed by atoms with E-state index < -0.39 is 28.5 Å². The molecule has 0 radical (unpaired) electrons. The molecule has 1 amide bonds. The van der Waals surface area contributed by atoms with E-state index in [1.807, 2.05) is 0 Å². The van der Waals surface area contributed by atoms with Gasteiger partial charge in [-0.2, -0.15) is 0 Å². The van der Waals surface area contributed by atoms with E-state index in [2.05, 4.69) is 5.32 Å². The number of carboxylic acid groups (broad SMARTS) is 1. The van der Waals surface area contributed by atoms with Crippen LogP contribution in [-0.4, -0.2) is 42.2 Å². The van der Waals surface area contributed by atoms with E-state index in [0.29, 0.717) is 0 Å². The molecule has 1 rings (SSSR count). The number of methoxy groups -OCH3 is 2. The SMILES string of the molecule is COc1cc(C(=O)N[C@H](C(=O)O)C(C)C)cc([N+](=O)[O-])c1OC. The highest BCUT2D eigenvalue weighted by Crippen LogP contribution is 2.37. The number of hydrogen-bond acceptors (Lipinski definition) is 6. The van der Waals surface area contributed by atoms with Crippen molar-refractivity contribution in [2.45, 2.75) is 19.9 Å². The zero-order chi connectivity index (χ0) is 17.7. The first-order valence-corrected chi connectivity index (χ1v) is 6.67. The maximum absolute atomic E-state index is 12.2. The third kappa shape index (κ3) is 4.09. The number of carbonyl (C=O) groups excluding carboxylic acids is 1. The molecule has 0 fully saturated rings. The van der Waals surface area contributed by atoms with Gasteiger partial charge in [0, 0.05) is 6.07 Å². The monoisotopic (exact) mass is 326 g/mol. The van der Waals surface area contributed by atoms with Gasteiger partial charge in [0.05, 0.1) is 24.7 Å². The molecule has 0 aliphatic heterocycles. The first-order valence-electron chi connectivity index (χ1n) is 6.67. The third-order valence-electron chi connectivity index (χ3n) is 3.14. The fraction of sp³-hybridized carbons (Fsp3) is 0.429. The topological polar surface area (TPSA) is 128 Å². The Hall–Kier alpha value is -2.84. The normalized spacial score (nSPS) is 11.7. The van der Waals surface area contributed by atoms with Gasteiger partial charge in [-0.25, -0.2) is 4.79 Å². The molecule has 1 aromatic carbocycles. The van der Waals surface area contributed by atoms with E-state index in [-0.39, 0.29) is 23.0 Å². The summed E-state index contributed by atoms with van der Waals surface area (Å²) in [5, 5.41) is 22.5. The number of nitro groups is 1. The summed E-state index contributed by atoms with van der Waals surface area (Å²) in [7, 11) is 2.52. The molecule has 0 aliphatic carbocycles. The molecule has 126 valence electrons. The third-order valence-corrected chi connectivity index (χ3v) is 3.14. The second-order valence-electron chi connectivity index (χ2n) is 5.02. The average molecular weight is 326 g/mol. The van der Waals surface area contributed by atoms with Gasteiger partial charge in [-0.05, 0) is 12.0 Å². The molecule has 0 aliphatic rings. The van der Waals surface area contributed by atoms with Crippen LogP contribution in [-0.2, 0) is 4.79 Å². The second kappa shape index (κ2) is 7.43. The predicted molar refractivity (Wildman–Crippen MR) is 79.9 cm³/mol. The van der Waals surface area contributed by atoms with Crippen LogP contribution in [0.25, 0.3) is 0 Å². The summed E-state index contributed by atoms with van der Waals surface area (Å²) in [4.78, 5) is 33.7. The Morgan fingerprint density at radius 3 is 2.26 bits per heavy atom. The van der Waals surface area contributed by atoms with Crippen LogP contribution < -0.4 is 14.8 Å². The van der Waals surface area contributed by atoms with Gasteiger partial charge < -0.3 is 19.9 Å². The lowest BCUT2D eigenvalue weighted by Gasteiger charge is -2.18. The van der Waals surface area contributed by atoms with E-state index in [1.54, 1.807) is 13.8 Å². The number of benzene rings is 1.